The van der Waals surface area contributed by atoms with Gasteiger partial charge in [-0.3, -0.25) is 19.4 Å². The number of likely N-dealkylation sites (N-methyl/N-ethyl adjacent to an activating group) is 1. The van der Waals surface area contributed by atoms with E-state index in [9.17, 15) is 9.59 Å². The molecule has 0 saturated carbocycles. The first-order chi connectivity index (χ1) is 19.0. The average molecular weight is 521 g/mol. The maximum absolute atomic E-state index is 13.7. The first-order valence-electron chi connectivity index (χ1n) is 13.4. The fourth-order valence-corrected chi connectivity index (χ4v) is 6.66. The molecule has 2 atom stereocenters. The van der Waals surface area contributed by atoms with Crippen molar-refractivity contribution < 1.29 is 19.1 Å². The summed E-state index contributed by atoms with van der Waals surface area (Å²) in [5.74, 6) is 6.69. The number of carbonyl (C=O) groups excluding carboxylic acids is 2. The van der Waals surface area contributed by atoms with Crippen molar-refractivity contribution in [2.75, 3.05) is 40.9 Å². The van der Waals surface area contributed by atoms with Crippen molar-refractivity contribution in [1.29, 1.82) is 0 Å². The Morgan fingerprint density at radius 3 is 1.82 bits per heavy atom. The zero-order valence-corrected chi connectivity index (χ0v) is 22.5. The standard InChI is InChI=1S/C33H32N2O4/c1-34(19-16-21-14-15-26(38-2)27(20-21)39-3)17-8-9-18-35-32(36)30-28-22-10-4-5-11-23(22)29(31(30)33(35)37)25-13-7-6-12-24(25)28/h4-7,10-15,20,28-31H,16-19H2,1-3H3. The summed E-state index contributed by atoms with van der Waals surface area (Å²) in [5, 5.41) is 0. The second-order valence-corrected chi connectivity index (χ2v) is 10.6. The van der Waals surface area contributed by atoms with Crippen LogP contribution < -0.4 is 9.47 Å². The van der Waals surface area contributed by atoms with Gasteiger partial charge >= 0.3 is 0 Å². The van der Waals surface area contributed by atoms with Crippen molar-refractivity contribution in [3.8, 4) is 23.3 Å². The second kappa shape index (κ2) is 10.2. The number of imide groups is 1. The van der Waals surface area contributed by atoms with Crippen molar-refractivity contribution in [3.05, 3.63) is 94.5 Å². The van der Waals surface area contributed by atoms with Crippen LogP contribution in [0, 0.1) is 23.7 Å². The molecule has 2 bridgehead atoms. The third-order valence-corrected chi connectivity index (χ3v) is 8.48. The van der Waals surface area contributed by atoms with E-state index in [-0.39, 0.29) is 42.0 Å². The summed E-state index contributed by atoms with van der Waals surface area (Å²) in [5.41, 5.74) is 5.90. The highest BCUT2D eigenvalue weighted by Gasteiger charge is 2.61. The van der Waals surface area contributed by atoms with Crippen molar-refractivity contribution in [3.63, 3.8) is 0 Å². The number of hydrogen-bond acceptors (Lipinski definition) is 5. The van der Waals surface area contributed by atoms with E-state index in [1.165, 1.54) is 27.2 Å². The summed E-state index contributed by atoms with van der Waals surface area (Å²) in [6.45, 7) is 1.51. The maximum atomic E-state index is 13.7. The van der Waals surface area contributed by atoms with Gasteiger partial charge in [-0.25, -0.2) is 0 Å². The van der Waals surface area contributed by atoms with Gasteiger partial charge in [-0.05, 0) is 53.4 Å². The Kier molecular flexibility index (Phi) is 6.62. The summed E-state index contributed by atoms with van der Waals surface area (Å²) in [4.78, 5) is 30.8. The number of nitrogens with zero attached hydrogens (tertiary/aromatic N) is 2. The number of hydrogen-bond donors (Lipinski definition) is 0. The lowest BCUT2D eigenvalue weighted by molar-refractivity contribution is -0.139. The van der Waals surface area contributed by atoms with Crippen LogP contribution >= 0.6 is 0 Å². The molecular weight excluding hydrogens is 488 g/mol. The third kappa shape index (κ3) is 4.18. The molecule has 39 heavy (non-hydrogen) atoms. The van der Waals surface area contributed by atoms with E-state index in [0.717, 1.165) is 24.3 Å². The monoisotopic (exact) mass is 520 g/mol. The first kappa shape index (κ1) is 25.2. The van der Waals surface area contributed by atoms with Crippen LogP contribution in [0.3, 0.4) is 0 Å². The van der Waals surface area contributed by atoms with Gasteiger partial charge in [0.25, 0.3) is 0 Å². The molecule has 0 aromatic heterocycles. The molecule has 0 spiro atoms. The predicted octanol–water partition coefficient (Wildman–Crippen LogP) is 4.07. The van der Waals surface area contributed by atoms with Crippen LogP contribution in [-0.4, -0.2) is 62.5 Å². The van der Waals surface area contributed by atoms with Gasteiger partial charge in [-0.1, -0.05) is 66.4 Å². The normalized spacial score (nSPS) is 22.2. The molecule has 1 heterocycles. The smallest absolute Gasteiger partial charge is 0.234 e. The molecule has 4 aliphatic rings. The summed E-state index contributed by atoms with van der Waals surface area (Å²) >= 11 is 0. The van der Waals surface area contributed by atoms with Crippen molar-refractivity contribution >= 4 is 11.8 Å². The molecule has 6 heteroatoms. The number of rotatable bonds is 7. The zero-order chi connectivity index (χ0) is 27.1. The third-order valence-electron chi connectivity index (χ3n) is 8.48. The van der Waals surface area contributed by atoms with E-state index in [1.807, 2.05) is 49.5 Å². The minimum absolute atomic E-state index is 0.0791. The van der Waals surface area contributed by atoms with Crippen LogP contribution in [0.25, 0.3) is 0 Å². The van der Waals surface area contributed by atoms with Gasteiger partial charge in [-0.2, -0.15) is 0 Å². The number of likely N-dealkylation sites (tertiary alicyclic amines) is 1. The van der Waals surface area contributed by atoms with Crippen LogP contribution in [-0.2, 0) is 16.0 Å². The first-order valence-corrected chi connectivity index (χ1v) is 13.4. The SMILES string of the molecule is COc1ccc(CCN(C)CC#CCN2C(=O)C3C4c5ccccc5C(c5ccccc54)C3C2=O)cc1OC. The molecule has 2 amide bonds. The highest BCUT2D eigenvalue weighted by Crippen LogP contribution is 2.60. The number of benzene rings is 3. The average Bonchev–Trinajstić information content (AvgIpc) is 3.23. The molecular formula is C33H32N2O4. The molecule has 7 rings (SSSR count). The van der Waals surface area contributed by atoms with E-state index in [0.29, 0.717) is 12.3 Å². The van der Waals surface area contributed by atoms with Crippen LogP contribution in [0.5, 0.6) is 11.5 Å². The fourth-order valence-electron chi connectivity index (χ4n) is 6.66. The number of amides is 2. The largest absolute Gasteiger partial charge is 0.493 e. The topological polar surface area (TPSA) is 59.1 Å². The van der Waals surface area contributed by atoms with Gasteiger partial charge in [0, 0.05) is 18.4 Å². The van der Waals surface area contributed by atoms with E-state index >= 15 is 0 Å². The Balaban J connectivity index is 1.12. The maximum Gasteiger partial charge on any atom is 0.234 e. The van der Waals surface area contributed by atoms with Gasteiger partial charge < -0.3 is 9.47 Å². The zero-order valence-electron chi connectivity index (χ0n) is 22.5. The van der Waals surface area contributed by atoms with E-state index < -0.39 is 0 Å². The van der Waals surface area contributed by atoms with Crippen molar-refractivity contribution in [2.45, 2.75) is 18.3 Å². The Hall–Kier alpha value is -4.08. The lowest BCUT2D eigenvalue weighted by Gasteiger charge is -2.45. The molecule has 0 N–H and O–H groups in total. The quantitative estimate of drug-likeness (QED) is 0.347. The van der Waals surface area contributed by atoms with Crippen LogP contribution in [0.2, 0.25) is 0 Å². The highest BCUT2D eigenvalue weighted by molar-refractivity contribution is 6.07. The Bertz CT molecular complexity index is 1390. The lowest BCUT2D eigenvalue weighted by atomic mass is 9.55. The highest BCUT2D eigenvalue weighted by atomic mass is 16.5. The summed E-state index contributed by atoms with van der Waals surface area (Å²) in [7, 11) is 5.28. The van der Waals surface area contributed by atoms with Gasteiger partial charge in [0.15, 0.2) is 11.5 Å². The number of carbonyl (C=O) groups is 2. The lowest BCUT2D eigenvalue weighted by Crippen LogP contribution is -2.41. The minimum atomic E-state index is -0.349. The van der Waals surface area contributed by atoms with Gasteiger partial charge in [0.1, 0.15) is 0 Å². The molecule has 3 aliphatic carbocycles. The number of methoxy groups -OCH3 is 2. The summed E-state index contributed by atoms with van der Waals surface area (Å²) in [6, 6.07) is 22.6. The predicted molar refractivity (Wildman–Crippen MR) is 149 cm³/mol. The van der Waals surface area contributed by atoms with Crippen molar-refractivity contribution in [1.82, 2.24) is 9.80 Å². The van der Waals surface area contributed by atoms with Crippen LogP contribution in [0.4, 0.5) is 0 Å². The van der Waals surface area contributed by atoms with Gasteiger partial charge in [0.05, 0.1) is 39.1 Å². The molecule has 3 aromatic rings. The molecule has 6 nitrogen and oxygen atoms in total. The van der Waals surface area contributed by atoms with Crippen LogP contribution in [0.15, 0.2) is 66.7 Å². The molecule has 2 unspecified atom stereocenters. The minimum Gasteiger partial charge on any atom is -0.493 e. The second-order valence-electron chi connectivity index (χ2n) is 10.6. The van der Waals surface area contributed by atoms with Crippen LogP contribution in [0.1, 0.15) is 39.7 Å². The van der Waals surface area contributed by atoms with E-state index in [1.54, 1.807) is 14.2 Å². The van der Waals surface area contributed by atoms with Gasteiger partial charge in [-0.15, -0.1) is 0 Å². The summed E-state index contributed by atoms with van der Waals surface area (Å²) < 4.78 is 10.7. The molecule has 198 valence electrons. The molecule has 1 fully saturated rings. The Labute approximate surface area is 229 Å². The van der Waals surface area contributed by atoms with E-state index in [4.69, 9.17) is 9.47 Å². The fraction of sp³-hybridized carbons (Fsp3) is 0.333. The van der Waals surface area contributed by atoms with Gasteiger partial charge in [0.2, 0.25) is 11.8 Å². The Morgan fingerprint density at radius 1 is 0.769 bits per heavy atom. The summed E-state index contributed by atoms with van der Waals surface area (Å²) in [6.07, 6.45) is 0.842. The number of ether oxygens (including phenoxy) is 2. The Morgan fingerprint density at radius 2 is 1.31 bits per heavy atom. The molecule has 0 radical (unpaired) electrons. The molecule has 1 saturated heterocycles. The molecule has 1 aliphatic heterocycles. The van der Waals surface area contributed by atoms with Crippen molar-refractivity contribution in [2.24, 2.45) is 11.8 Å². The molecule has 3 aromatic carbocycles. The van der Waals surface area contributed by atoms with E-state index in [2.05, 4.69) is 41.0 Å².